The normalized spacial score (nSPS) is 13.8. The molecule has 0 bridgehead atoms. The lowest BCUT2D eigenvalue weighted by atomic mass is 9.96. The number of imidazole rings is 1. The summed E-state index contributed by atoms with van der Waals surface area (Å²) >= 11 is 0. The van der Waals surface area contributed by atoms with Crippen molar-refractivity contribution in [2.75, 3.05) is 0 Å². The van der Waals surface area contributed by atoms with Crippen LogP contribution in [0.2, 0.25) is 0 Å². The van der Waals surface area contributed by atoms with E-state index in [1.807, 2.05) is 0 Å². The standard InChI is InChI=1S/C25H48N2/c1-5-8-10-12-13-14-15-16-18-20-24(7-3)25-26-21-22-27(25)23(4)19-17-11-9-6-2/h21-24H,5-20H2,1-4H3/p+1. The zero-order valence-electron chi connectivity index (χ0n) is 19.1. The molecule has 2 heteroatoms. The predicted molar refractivity (Wildman–Crippen MR) is 119 cm³/mol. The maximum Gasteiger partial charge on any atom is 0.257 e. The molecule has 1 heterocycles. The molecule has 0 aliphatic rings. The Morgan fingerprint density at radius 3 is 1.85 bits per heavy atom. The molecule has 0 saturated heterocycles. The third kappa shape index (κ3) is 10.4. The van der Waals surface area contributed by atoms with Crippen LogP contribution >= 0.6 is 0 Å². The van der Waals surface area contributed by atoms with Crippen LogP contribution in [0.5, 0.6) is 0 Å². The Labute approximate surface area is 170 Å². The number of nitrogens with zero attached hydrogens (tertiary/aromatic N) is 1. The second-order valence-corrected chi connectivity index (χ2v) is 8.67. The van der Waals surface area contributed by atoms with E-state index in [1.165, 1.54) is 109 Å². The summed E-state index contributed by atoms with van der Waals surface area (Å²) in [5.41, 5.74) is 0. The summed E-state index contributed by atoms with van der Waals surface area (Å²) in [7, 11) is 0. The van der Waals surface area contributed by atoms with E-state index >= 15 is 0 Å². The monoisotopic (exact) mass is 377 g/mol. The highest BCUT2D eigenvalue weighted by atomic mass is 15.1. The third-order valence-corrected chi connectivity index (χ3v) is 6.23. The zero-order valence-corrected chi connectivity index (χ0v) is 19.1. The lowest BCUT2D eigenvalue weighted by Crippen LogP contribution is -2.41. The van der Waals surface area contributed by atoms with Crippen molar-refractivity contribution in [2.45, 2.75) is 142 Å². The molecular weight excluding hydrogens is 328 g/mol. The van der Waals surface area contributed by atoms with Crippen LogP contribution in [-0.2, 0) is 0 Å². The van der Waals surface area contributed by atoms with Crippen molar-refractivity contribution >= 4 is 0 Å². The van der Waals surface area contributed by atoms with Crippen LogP contribution in [0.15, 0.2) is 12.4 Å². The maximum absolute atomic E-state index is 3.58. The van der Waals surface area contributed by atoms with Gasteiger partial charge in [-0.25, -0.2) is 9.55 Å². The van der Waals surface area contributed by atoms with Crippen molar-refractivity contribution in [2.24, 2.45) is 0 Å². The van der Waals surface area contributed by atoms with Crippen LogP contribution < -0.4 is 4.57 Å². The molecule has 0 aromatic carbocycles. The lowest BCUT2D eigenvalue weighted by molar-refractivity contribution is -0.727. The van der Waals surface area contributed by atoms with E-state index in [1.54, 1.807) is 0 Å². The van der Waals surface area contributed by atoms with Crippen molar-refractivity contribution in [1.82, 2.24) is 4.98 Å². The number of rotatable bonds is 18. The molecule has 0 radical (unpaired) electrons. The Bertz CT molecular complexity index is 437. The van der Waals surface area contributed by atoms with Crippen molar-refractivity contribution in [1.29, 1.82) is 0 Å². The Morgan fingerprint density at radius 2 is 1.26 bits per heavy atom. The minimum Gasteiger partial charge on any atom is -0.247 e. The van der Waals surface area contributed by atoms with Gasteiger partial charge in [-0.1, -0.05) is 97.8 Å². The summed E-state index contributed by atoms with van der Waals surface area (Å²) in [5.74, 6) is 2.17. The number of H-pyrrole nitrogens is 1. The first-order valence-corrected chi connectivity index (χ1v) is 12.3. The SMILES string of the molecule is CCCCCCCCCCCC(CC)c1[nH]cc[n+]1C(C)CCCCCC. The fourth-order valence-corrected chi connectivity index (χ4v) is 4.31. The number of unbranched alkanes of at least 4 members (excludes halogenated alkanes) is 11. The molecule has 2 atom stereocenters. The van der Waals surface area contributed by atoms with E-state index in [9.17, 15) is 0 Å². The van der Waals surface area contributed by atoms with Gasteiger partial charge in [0.05, 0.1) is 12.0 Å². The van der Waals surface area contributed by atoms with Crippen molar-refractivity contribution in [3.05, 3.63) is 18.2 Å². The largest absolute Gasteiger partial charge is 0.257 e. The molecule has 1 N–H and O–H groups in total. The summed E-state index contributed by atoms with van der Waals surface area (Å²) < 4.78 is 2.54. The third-order valence-electron chi connectivity index (χ3n) is 6.23. The van der Waals surface area contributed by atoms with Crippen LogP contribution in [0.4, 0.5) is 0 Å². The van der Waals surface area contributed by atoms with Gasteiger partial charge in [0.25, 0.3) is 5.82 Å². The average Bonchev–Trinajstić information content (AvgIpc) is 3.16. The van der Waals surface area contributed by atoms with Gasteiger partial charge in [-0.2, -0.15) is 0 Å². The summed E-state index contributed by atoms with van der Waals surface area (Å²) in [5, 5.41) is 0. The molecule has 0 aliphatic carbocycles. The first-order valence-electron chi connectivity index (χ1n) is 12.3. The fourth-order valence-electron chi connectivity index (χ4n) is 4.31. The summed E-state index contributed by atoms with van der Waals surface area (Å²) in [6.07, 6.45) is 26.6. The van der Waals surface area contributed by atoms with Crippen LogP contribution in [0.25, 0.3) is 0 Å². The highest BCUT2D eigenvalue weighted by Crippen LogP contribution is 2.24. The Morgan fingerprint density at radius 1 is 0.741 bits per heavy atom. The quantitative estimate of drug-likeness (QED) is 0.196. The maximum atomic E-state index is 3.58. The van der Waals surface area contributed by atoms with Gasteiger partial charge in [0.15, 0.2) is 0 Å². The van der Waals surface area contributed by atoms with Gasteiger partial charge in [-0.05, 0) is 32.6 Å². The van der Waals surface area contributed by atoms with Crippen LogP contribution in [-0.4, -0.2) is 4.98 Å². The molecule has 1 rings (SSSR count). The first-order chi connectivity index (χ1) is 13.2. The van der Waals surface area contributed by atoms with E-state index in [0.29, 0.717) is 12.0 Å². The van der Waals surface area contributed by atoms with Crippen LogP contribution in [0, 0.1) is 0 Å². The number of nitrogens with one attached hydrogen (secondary N) is 1. The van der Waals surface area contributed by atoms with Gasteiger partial charge in [0, 0.05) is 0 Å². The fraction of sp³-hybridized carbons (Fsp3) is 0.880. The summed E-state index contributed by atoms with van der Waals surface area (Å²) in [6.45, 7) is 9.34. The zero-order chi connectivity index (χ0) is 19.7. The molecule has 0 spiro atoms. The molecule has 0 amide bonds. The van der Waals surface area contributed by atoms with Gasteiger partial charge < -0.3 is 0 Å². The molecule has 27 heavy (non-hydrogen) atoms. The molecule has 1 aromatic heterocycles. The average molecular weight is 378 g/mol. The second kappa shape index (κ2) is 16.2. The van der Waals surface area contributed by atoms with Gasteiger partial charge in [-0.15, -0.1) is 0 Å². The second-order valence-electron chi connectivity index (χ2n) is 8.67. The topological polar surface area (TPSA) is 19.7 Å². The molecule has 0 aliphatic heterocycles. The van der Waals surface area contributed by atoms with Crippen LogP contribution in [0.3, 0.4) is 0 Å². The molecule has 2 unspecified atom stereocenters. The Kier molecular flexibility index (Phi) is 14.5. The van der Waals surface area contributed by atoms with E-state index in [4.69, 9.17) is 0 Å². The van der Waals surface area contributed by atoms with E-state index in [2.05, 4.69) is 49.6 Å². The van der Waals surface area contributed by atoms with E-state index in [0.717, 1.165) is 0 Å². The number of aromatic nitrogens is 2. The Hall–Kier alpha value is -0.790. The molecule has 158 valence electrons. The predicted octanol–water partition coefficient (Wildman–Crippen LogP) is 8.25. The molecule has 2 nitrogen and oxygen atoms in total. The van der Waals surface area contributed by atoms with Crippen LogP contribution in [0.1, 0.15) is 148 Å². The van der Waals surface area contributed by atoms with Gasteiger partial charge in [-0.3, -0.25) is 0 Å². The van der Waals surface area contributed by atoms with E-state index in [-0.39, 0.29) is 0 Å². The Balaban J connectivity index is 2.30. The first kappa shape index (κ1) is 24.2. The summed E-state index contributed by atoms with van der Waals surface area (Å²) in [4.78, 5) is 3.58. The smallest absolute Gasteiger partial charge is 0.247 e. The van der Waals surface area contributed by atoms with E-state index < -0.39 is 0 Å². The number of hydrogen-bond acceptors (Lipinski definition) is 0. The molecule has 0 saturated carbocycles. The van der Waals surface area contributed by atoms with Gasteiger partial charge in [0.1, 0.15) is 12.4 Å². The number of hydrogen-bond donors (Lipinski definition) is 1. The highest BCUT2D eigenvalue weighted by Gasteiger charge is 2.24. The lowest BCUT2D eigenvalue weighted by Gasteiger charge is -2.15. The number of aromatic amines is 1. The molecular formula is C25H49N2+. The summed E-state index contributed by atoms with van der Waals surface area (Å²) in [6, 6.07) is 0.625. The van der Waals surface area contributed by atoms with Crippen molar-refractivity contribution in [3.63, 3.8) is 0 Å². The molecule has 1 aromatic rings. The highest BCUT2D eigenvalue weighted by molar-refractivity contribution is 4.89. The van der Waals surface area contributed by atoms with Gasteiger partial charge >= 0.3 is 0 Å². The van der Waals surface area contributed by atoms with Crippen molar-refractivity contribution < 1.29 is 4.57 Å². The molecule has 0 fully saturated rings. The minimum absolute atomic E-state index is 0.625. The van der Waals surface area contributed by atoms with Gasteiger partial charge in [0.2, 0.25) is 0 Å². The van der Waals surface area contributed by atoms with Crippen molar-refractivity contribution in [3.8, 4) is 0 Å². The minimum atomic E-state index is 0.625.